The van der Waals surface area contributed by atoms with Crippen molar-refractivity contribution in [3.8, 4) is 11.8 Å². The highest BCUT2D eigenvalue weighted by Gasteiger charge is 2.12. The maximum atomic E-state index is 6.19. The van der Waals surface area contributed by atoms with Gasteiger partial charge in [0, 0.05) is 19.4 Å². The molecule has 28 heavy (non-hydrogen) atoms. The first-order chi connectivity index (χ1) is 13.9. The molecule has 0 radical (unpaired) electrons. The van der Waals surface area contributed by atoms with Crippen LogP contribution < -0.4 is 0 Å². The zero-order chi connectivity index (χ0) is 19.7. The third kappa shape index (κ3) is 10.9. The van der Waals surface area contributed by atoms with E-state index in [1.165, 1.54) is 63.4 Å². The van der Waals surface area contributed by atoms with Gasteiger partial charge in [0.25, 0.3) is 0 Å². The van der Waals surface area contributed by atoms with Crippen LogP contribution in [0.3, 0.4) is 0 Å². The van der Waals surface area contributed by atoms with Crippen LogP contribution in [-0.2, 0) is 16.1 Å². The lowest BCUT2D eigenvalue weighted by atomic mass is 10.0. The van der Waals surface area contributed by atoms with Crippen LogP contribution >= 0.6 is 0 Å². The first kappa shape index (κ1) is 23.0. The normalized spacial score (nSPS) is 17.7. The van der Waals surface area contributed by atoms with Gasteiger partial charge in [-0.15, -0.1) is 11.8 Å². The number of unbranched alkanes of at least 4 members (excludes halogenated alkanes) is 4. The zero-order valence-electron chi connectivity index (χ0n) is 18.0. The number of ether oxygens (including phenoxy) is 2. The molecule has 1 saturated heterocycles. The first-order valence-corrected chi connectivity index (χ1v) is 11.6. The smallest absolute Gasteiger partial charge is 0.0720 e. The molecule has 2 atom stereocenters. The summed E-state index contributed by atoms with van der Waals surface area (Å²) in [5, 5.41) is 0. The van der Waals surface area contributed by atoms with Crippen LogP contribution in [-0.4, -0.2) is 18.8 Å². The SMILES string of the molecule is CCCCC(CCCC#CCCCCC1CCCCO1)OCc1ccccc1. The Kier molecular flexibility index (Phi) is 12.8. The summed E-state index contributed by atoms with van der Waals surface area (Å²) in [5.74, 6) is 6.74. The van der Waals surface area contributed by atoms with Crippen LogP contribution in [0, 0.1) is 11.8 Å². The second-order valence-electron chi connectivity index (χ2n) is 8.04. The fraction of sp³-hybridized carbons (Fsp3) is 0.692. The Balaban J connectivity index is 1.52. The van der Waals surface area contributed by atoms with Crippen molar-refractivity contribution in [2.75, 3.05) is 6.61 Å². The van der Waals surface area contributed by atoms with Gasteiger partial charge in [-0.05, 0) is 63.4 Å². The van der Waals surface area contributed by atoms with E-state index in [9.17, 15) is 0 Å². The molecule has 0 bridgehead atoms. The number of benzene rings is 1. The minimum absolute atomic E-state index is 0.373. The van der Waals surface area contributed by atoms with E-state index in [0.29, 0.717) is 12.2 Å². The molecule has 0 amide bonds. The van der Waals surface area contributed by atoms with Crippen LogP contribution in [0.25, 0.3) is 0 Å². The van der Waals surface area contributed by atoms with Crippen molar-refractivity contribution in [1.82, 2.24) is 0 Å². The molecule has 1 aromatic carbocycles. The topological polar surface area (TPSA) is 18.5 Å². The van der Waals surface area contributed by atoms with Crippen molar-refractivity contribution in [3.05, 3.63) is 35.9 Å². The zero-order valence-corrected chi connectivity index (χ0v) is 18.0. The molecule has 2 rings (SSSR count). The Labute approximate surface area is 173 Å². The van der Waals surface area contributed by atoms with E-state index in [0.717, 1.165) is 38.9 Å². The molecule has 0 saturated carbocycles. The van der Waals surface area contributed by atoms with Crippen molar-refractivity contribution < 1.29 is 9.47 Å². The summed E-state index contributed by atoms with van der Waals surface area (Å²) in [5.41, 5.74) is 1.27. The van der Waals surface area contributed by atoms with Gasteiger partial charge >= 0.3 is 0 Å². The average Bonchev–Trinajstić information content (AvgIpc) is 2.75. The minimum Gasteiger partial charge on any atom is -0.378 e. The molecule has 156 valence electrons. The highest BCUT2D eigenvalue weighted by Crippen LogP contribution is 2.18. The molecule has 2 unspecified atom stereocenters. The standard InChI is InChI=1S/C26H40O2/c1-2-3-18-26(28-23-24-16-10-9-11-17-24)20-13-8-6-4-5-7-12-19-25-21-14-15-22-27-25/h9-11,16-17,25-26H,2-3,5,7-8,12-15,18-23H2,1H3. The molecule has 0 aliphatic carbocycles. The highest BCUT2D eigenvalue weighted by atomic mass is 16.5. The predicted octanol–water partition coefficient (Wildman–Crippen LogP) is 7.07. The third-order valence-electron chi connectivity index (χ3n) is 5.51. The molecule has 1 aliphatic heterocycles. The van der Waals surface area contributed by atoms with Gasteiger partial charge in [0.05, 0.1) is 18.8 Å². The highest BCUT2D eigenvalue weighted by molar-refractivity contribution is 5.13. The fourth-order valence-corrected chi connectivity index (χ4v) is 3.75. The number of hydrogen-bond acceptors (Lipinski definition) is 2. The molecular weight excluding hydrogens is 344 g/mol. The van der Waals surface area contributed by atoms with E-state index < -0.39 is 0 Å². The van der Waals surface area contributed by atoms with Crippen LogP contribution in [0.2, 0.25) is 0 Å². The minimum atomic E-state index is 0.373. The second-order valence-corrected chi connectivity index (χ2v) is 8.04. The Bertz CT molecular complexity index is 537. The van der Waals surface area contributed by atoms with Gasteiger partial charge in [0.1, 0.15) is 0 Å². The van der Waals surface area contributed by atoms with E-state index in [2.05, 4.69) is 49.1 Å². The summed E-state index contributed by atoms with van der Waals surface area (Å²) in [7, 11) is 0. The van der Waals surface area contributed by atoms with Gasteiger partial charge < -0.3 is 9.47 Å². The molecule has 2 nitrogen and oxygen atoms in total. The fourth-order valence-electron chi connectivity index (χ4n) is 3.75. The molecule has 1 aliphatic rings. The van der Waals surface area contributed by atoms with Crippen molar-refractivity contribution in [3.63, 3.8) is 0 Å². The summed E-state index contributed by atoms with van der Waals surface area (Å²) in [6.07, 6.45) is 16.4. The van der Waals surface area contributed by atoms with E-state index in [1.807, 2.05) is 0 Å². The Morgan fingerprint density at radius 1 is 1.00 bits per heavy atom. The lowest BCUT2D eigenvalue weighted by Crippen LogP contribution is -2.18. The Morgan fingerprint density at radius 3 is 2.54 bits per heavy atom. The lowest BCUT2D eigenvalue weighted by molar-refractivity contribution is 0.00992. The Morgan fingerprint density at radius 2 is 1.79 bits per heavy atom. The molecule has 1 fully saturated rings. The van der Waals surface area contributed by atoms with Crippen LogP contribution in [0.15, 0.2) is 30.3 Å². The monoisotopic (exact) mass is 384 g/mol. The summed E-state index contributed by atoms with van der Waals surface area (Å²) >= 11 is 0. The molecule has 0 aromatic heterocycles. The summed E-state index contributed by atoms with van der Waals surface area (Å²) in [6.45, 7) is 3.95. The van der Waals surface area contributed by atoms with Crippen molar-refractivity contribution in [2.24, 2.45) is 0 Å². The third-order valence-corrected chi connectivity index (χ3v) is 5.51. The quantitative estimate of drug-likeness (QED) is 0.267. The van der Waals surface area contributed by atoms with Gasteiger partial charge in [0.15, 0.2) is 0 Å². The summed E-state index contributed by atoms with van der Waals surface area (Å²) in [4.78, 5) is 0. The second kappa shape index (κ2) is 15.6. The molecular formula is C26H40O2. The largest absolute Gasteiger partial charge is 0.378 e. The number of hydrogen-bond donors (Lipinski definition) is 0. The maximum absolute atomic E-state index is 6.19. The molecule has 0 spiro atoms. The van der Waals surface area contributed by atoms with Crippen LogP contribution in [0.5, 0.6) is 0 Å². The maximum Gasteiger partial charge on any atom is 0.0720 e. The molecule has 1 aromatic rings. The average molecular weight is 385 g/mol. The van der Waals surface area contributed by atoms with E-state index >= 15 is 0 Å². The lowest BCUT2D eigenvalue weighted by Gasteiger charge is -2.22. The van der Waals surface area contributed by atoms with Gasteiger partial charge in [-0.1, -0.05) is 50.1 Å². The van der Waals surface area contributed by atoms with Crippen molar-refractivity contribution in [2.45, 2.75) is 109 Å². The number of rotatable bonds is 13. The van der Waals surface area contributed by atoms with E-state index in [4.69, 9.17) is 9.47 Å². The van der Waals surface area contributed by atoms with Gasteiger partial charge in [0.2, 0.25) is 0 Å². The van der Waals surface area contributed by atoms with Gasteiger partial charge in [-0.2, -0.15) is 0 Å². The molecule has 1 heterocycles. The summed E-state index contributed by atoms with van der Waals surface area (Å²) in [6, 6.07) is 10.5. The van der Waals surface area contributed by atoms with Crippen LogP contribution in [0.4, 0.5) is 0 Å². The molecule has 0 N–H and O–H groups in total. The van der Waals surface area contributed by atoms with Crippen molar-refractivity contribution in [1.29, 1.82) is 0 Å². The Hall–Kier alpha value is -1.30. The molecule has 2 heteroatoms. The first-order valence-electron chi connectivity index (χ1n) is 11.6. The van der Waals surface area contributed by atoms with Gasteiger partial charge in [-0.3, -0.25) is 0 Å². The van der Waals surface area contributed by atoms with Crippen LogP contribution in [0.1, 0.15) is 96.0 Å². The summed E-state index contributed by atoms with van der Waals surface area (Å²) < 4.78 is 12.0. The van der Waals surface area contributed by atoms with Crippen molar-refractivity contribution >= 4 is 0 Å². The predicted molar refractivity (Wildman–Crippen MR) is 118 cm³/mol. The van der Waals surface area contributed by atoms with Gasteiger partial charge in [-0.25, -0.2) is 0 Å². The van der Waals surface area contributed by atoms with E-state index in [-0.39, 0.29) is 0 Å². The van der Waals surface area contributed by atoms with E-state index in [1.54, 1.807) is 0 Å².